The van der Waals surface area contributed by atoms with Gasteiger partial charge in [0.2, 0.25) is 0 Å². The maximum absolute atomic E-state index is 13.3. The Hall–Kier alpha value is -1.69. The maximum atomic E-state index is 13.3. The van der Waals surface area contributed by atoms with Crippen LogP contribution in [0.5, 0.6) is 0 Å². The lowest BCUT2D eigenvalue weighted by atomic mass is 9.79. The molecular formula is C23H30N2O2S. The monoisotopic (exact) mass is 398 g/mol. The Labute approximate surface area is 171 Å². The van der Waals surface area contributed by atoms with Crippen molar-refractivity contribution >= 4 is 17.2 Å². The normalized spacial score (nSPS) is 21.5. The van der Waals surface area contributed by atoms with Crippen LogP contribution in [0, 0.1) is 5.92 Å². The van der Waals surface area contributed by atoms with Crippen molar-refractivity contribution in [3.63, 3.8) is 0 Å². The van der Waals surface area contributed by atoms with Gasteiger partial charge in [-0.05, 0) is 42.7 Å². The Morgan fingerprint density at radius 3 is 2.43 bits per heavy atom. The molecule has 1 aliphatic carbocycles. The summed E-state index contributed by atoms with van der Waals surface area (Å²) in [7, 11) is 0. The van der Waals surface area contributed by atoms with Crippen LogP contribution < -0.4 is 5.32 Å². The first-order valence-corrected chi connectivity index (χ1v) is 11.4. The van der Waals surface area contributed by atoms with Gasteiger partial charge in [0.15, 0.2) is 5.60 Å². The maximum Gasteiger partial charge on any atom is 0.257 e. The van der Waals surface area contributed by atoms with Gasteiger partial charge in [-0.3, -0.25) is 9.69 Å². The highest BCUT2D eigenvalue weighted by atomic mass is 32.1. The average Bonchev–Trinajstić information content (AvgIpc) is 3.44. The first-order chi connectivity index (χ1) is 13.7. The number of nitrogens with one attached hydrogen (secondary N) is 1. The molecule has 1 aromatic carbocycles. The Morgan fingerprint density at radius 1 is 1.07 bits per heavy atom. The second-order valence-corrected chi connectivity index (χ2v) is 9.25. The van der Waals surface area contributed by atoms with Gasteiger partial charge in [-0.15, -0.1) is 11.3 Å². The molecule has 28 heavy (non-hydrogen) atoms. The van der Waals surface area contributed by atoms with E-state index in [4.69, 9.17) is 0 Å². The van der Waals surface area contributed by atoms with E-state index in [1.165, 1.54) is 4.88 Å². The fraction of sp³-hybridized carbons (Fsp3) is 0.522. The Kier molecular flexibility index (Phi) is 6.14. The molecule has 4 rings (SSSR count). The standard InChI is InChI=1S/C23H30N2O2S/c26-22(23(27,19-9-4-5-10-19)18-7-2-1-3-8-18)24-20-12-14-25(15-13-20)17-21-11-6-16-28-21/h1-3,6-8,11,16,19-20,27H,4-5,9-10,12-15,17H2,(H,24,26). The van der Waals surface area contributed by atoms with Gasteiger partial charge in [-0.2, -0.15) is 0 Å². The molecule has 2 heterocycles. The Morgan fingerprint density at radius 2 is 1.79 bits per heavy atom. The molecule has 1 aliphatic heterocycles. The van der Waals surface area contributed by atoms with E-state index in [0.29, 0.717) is 0 Å². The summed E-state index contributed by atoms with van der Waals surface area (Å²) in [5.74, 6) is -0.198. The van der Waals surface area contributed by atoms with Crippen LogP contribution in [0.1, 0.15) is 49.0 Å². The second-order valence-electron chi connectivity index (χ2n) is 8.22. The van der Waals surface area contributed by atoms with Gasteiger partial charge in [-0.25, -0.2) is 0 Å². The zero-order valence-corrected chi connectivity index (χ0v) is 17.2. The molecule has 2 aliphatic rings. The van der Waals surface area contributed by atoms with Crippen molar-refractivity contribution in [2.75, 3.05) is 13.1 Å². The third-order valence-corrected chi connectivity index (χ3v) is 7.25. The predicted molar refractivity (Wildman–Crippen MR) is 113 cm³/mol. The molecule has 1 atom stereocenters. The zero-order chi connectivity index (χ0) is 19.4. The summed E-state index contributed by atoms with van der Waals surface area (Å²) in [6.07, 6.45) is 5.89. The number of benzene rings is 1. The first kappa shape index (κ1) is 19.6. The molecule has 150 valence electrons. The minimum absolute atomic E-state index is 0.00816. The first-order valence-electron chi connectivity index (χ1n) is 10.5. The number of hydrogen-bond acceptors (Lipinski definition) is 4. The lowest BCUT2D eigenvalue weighted by molar-refractivity contribution is -0.148. The highest BCUT2D eigenvalue weighted by Crippen LogP contribution is 2.41. The molecule has 2 N–H and O–H groups in total. The summed E-state index contributed by atoms with van der Waals surface area (Å²) in [5.41, 5.74) is -0.680. The van der Waals surface area contributed by atoms with Crippen LogP contribution in [-0.2, 0) is 16.9 Å². The molecule has 0 bridgehead atoms. The molecule has 2 fully saturated rings. The van der Waals surface area contributed by atoms with Crippen molar-refractivity contribution in [1.29, 1.82) is 0 Å². The minimum atomic E-state index is -1.41. The fourth-order valence-electron chi connectivity index (χ4n) is 4.74. The molecular weight excluding hydrogens is 368 g/mol. The molecule has 0 radical (unpaired) electrons. The summed E-state index contributed by atoms with van der Waals surface area (Å²) in [4.78, 5) is 17.1. The lowest BCUT2D eigenvalue weighted by Crippen LogP contribution is -2.54. The highest BCUT2D eigenvalue weighted by molar-refractivity contribution is 7.09. The molecule has 1 unspecified atom stereocenters. The fourth-order valence-corrected chi connectivity index (χ4v) is 5.49. The average molecular weight is 399 g/mol. The molecule has 1 saturated carbocycles. The third-order valence-electron chi connectivity index (χ3n) is 6.39. The topological polar surface area (TPSA) is 52.6 Å². The number of carbonyl (C=O) groups is 1. The number of aliphatic hydroxyl groups is 1. The van der Waals surface area contributed by atoms with Crippen molar-refractivity contribution in [3.8, 4) is 0 Å². The van der Waals surface area contributed by atoms with Gasteiger partial charge in [0.05, 0.1) is 0 Å². The molecule has 5 heteroatoms. The predicted octanol–water partition coefficient (Wildman–Crippen LogP) is 3.91. The van der Waals surface area contributed by atoms with Crippen molar-refractivity contribution in [3.05, 3.63) is 58.3 Å². The van der Waals surface area contributed by atoms with Crippen LogP contribution in [0.3, 0.4) is 0 Å². The highest BCUT2D eigenvalue weighted by Gasteiger charge is 2.46. The van der Waals surface area contributed by atoms with Crippen LogP contribution >= 0.6 is 11.3 Å². The van der Waals surface area contributed by atoms with E-state index in [-0.39, 0.29) is 17.9 Å². The minimum Gasteiger partial charge on any atom is -0.375 e. The van der Waals surface area contributed by atoms with Gasteiger partial charge in [-0.1, -0.05) is 49.2 Å². The van der Waals surface area contributed by atoms with E-state index in [0.717, 1.165) is 63.7 Å². The number of piperidine rings is 1. The van der Waals surface area contributed by atoms with Gasteiger partial charge >= 0.3 is 0 Å². The van der Waals surface area contributed by atoms with Crippen molar-refractivity contribution in [1.82, 2.24) is 10.2 Å². The number of rotatable bonds is 6. The van der Waals surface area contributed by atoms with Gasteiger partial charge < -0.3 is 10.4 Å². The van der Waals surface area contributed by atoms with Gasteiger partial charge in [0.25, 0.3) is 5.91 Å². The SMILES string of the molecule is O=C(NC1CCN(Cc2cccs2)CC1)C(O)(c1ccccc1)C1CCCC1. The molecule has 0 spiro atoms. The van der Waals surface area contributed by atoms with Crippen LogP contribution in [0.15, 0.2) is 47.8 Å². The lowest BCUT2D eigenvalue weighted by Gasteiger charge is -2.37. The van der Waals surface area contributed by atoms with Crippen molar-refractivity contribution in [2.45, 2.75) is 56.7 Å². The molecule has 1 saturated heterocycles. The summed E-state index contributed by atoms with van der Waals surface area (Å²) in [5, 5.41) is 16.9. The number of likely N-dealkylation sites (tertiary alicyclic amines) is 1. The summed E-state index contributed by atoms with van der Waals surface area (Å²) >= 11 is 1.80. The smallest absolute Gasteiger partial charge is 0.257 e. The third kappa shape index (κ3) is 4.17. The Bertz CT molecular complexity index is 750. The Balaban J connectivity index is 1.40. The number of carbonyl (C=O) groups excluding carboxylic acids is 1. The second kappa shape index (κ2) is 8.76. The molecule has 1 aromatic heterocycles. The summed E-state index contributed by atoms with van der Waals surface area (Å²) in [6, 6.07) is 13.9. The van der Waals surface area contributed by atoms with E-state index < -0.39 is 5.60 Å². The van der Waals surface area contributed by atoms with E-state index >= 15 is 0 Å². The van der Waals surface area contributed by atoms with E-state index in [2.05, 4.69) is 27.7 Å². The van der Waals surface area contributed by atoms with E-state index in [1.54, 1.807) is 11.3 Å². The number of nitrogens with zero attached hydrogens (tertiary/aromatic N) is 1. The van der Waals surface area contributed by atoms with Gasteiger partial charge in [0.1, 0.15) is 0 Å². The molecule has 1 amide bonds. The van der Waals surface area contributed by atoms with E-state index in [9.17, 15) is 9.90 Å². The van der Waals surface area contributed by atoms with Crippen molar-refractivity contribution < 1.29 is 9.90 Å². The number of thiophene rings is 1. The molecule has 4 nitrogen and oxygen atoms in total. The van der Waals surface area contributed by atoms with Crippen LogP contribution in [0.4, 0.5) is 0 Å². The van der Waals surface area contributed by atoms with Crippen LogP contribution in [0.2, 0.25) is 0 Å². The summed E-state index contributed by atoms with van der Waals surface area (Å²) in [6.45, 7) is 2.96. The van der Waals surface area contributed by atoms with Crippen LogP contribution in [0.25, 0.3) is 0 Å². The molecule has 2 aromatic rings. The van der Waals surface area contributed by atoms with Crippen molar-refractivity contribution in [2.24, 2.45) is 5.92 Å². The zero-order valence-electron chi connectivity index (χ0n) is 16.3. The van der Waals surface area contributed by atoms with E-state index in [1.807, 2.05) is 30.3 Å². The van der Waals surface area contributed by atoms with Gasteiger partial charge in [0, 0.05) is 36.5 Å². The summed E-state index contributed by atoms with van der Waals surface area (Å²) < 4.78 is 0. The number of hydrogen-bond donors (Lipinski definition) is 2. The quantitative estimate of drug-likeness (QED) is 0.776. The largest absolute Gasteiger partial charge is 0.375 e. The van der Waals surface area contributed by atoms with Crippen LogP contribution in [-0.4, -0.2) is 35.0 Å². The number of amides is 1.